The first-order valence-electron chi connectivity index (χ1n) is 6.77. The Balaban J connectivity index is 2.26. The molecule has 1 saturated heterocycles. The average molecular weight is 337 g/mol. The maximum absolute atomic E-state index is 11.5. The van der Waals surface area contributed by atoms with Crippen LogP contribution in [-0.4, -0.2) is 35.4 Å². The molecule has 2 N–H and O–H groups in total. The van der Waals surface area contributed by atoms with E-state index in [0.29, 0.717) is 23.5 Å². The van der Waals surface area contributed by atoms with Crippen molar-refractivity contribution >= 4 is 35.0 Å². The van der Waals surface area contributed by atoms with Gasteiger partial charge in [-0.2, -0.15) is 0 Å². The fraction of sp³-hybridized carbons (Fsp3) is 0.267. The van der Waals surface area contributed by atoms with Crippen molar-refractivity contribution in [3.8, 4) is 11.5 Å². The molecule has 0 saturated carbocycles. The van der Waals surface area contributed by atoms with Gasteiger partial charge in [0.15, 0.2) is 17.6 Å². The molecular formula is C15H15NO6S. The summed E-state index contributed by atoms with van der Waals surface area (Å²) in [4.78, 5) is 34.0. The number of benzene rings is 1. The molecule has 7 nitrogen and oxygen atoms in total. The highest BCUT2D eigenvalue weighted by Crippen LogP contribution is 2.32. The molecule has 1 aromatic carbocycles. The quantitative estimate of drug-likeness (QED) is 0.768. The van der Waals surface area contributed by atoms with Crippen molar-refractivity contribution < 1.29 is 29.0 Å². The zero-order valence-corrected chi connectivity index (χ0v) is 13.3. The summed E-state index contributed by atoms with van der Waals surface area (Å²) in [6.07, 6.45) is 0.886. The molecule has 8 heteroatoms. The number of imide groups is 1. The maximum Gasteiger partial charge on any atom is 0.344 e. The third-order valence-corrected chi connectivity index (χ3v) is 3.85. The van der Waals surface area contributed by atoms with Crippen LogP contribution < -0.4 is 14.8 Å². The summed E-state index contributed by atoms with van der Waals surface area (Å²) >= 11 is 0.816. The molecule has 122 valence electrons. The van der Waals surface area contributed by atoms with Gasteiger partial charge in [0.1, 0.15) is 0 Å². The molecule has 1 fully saturated rings. The second-order valence-electron chi connectivity index (χ2n) is 4.62. The lowest BCUT2D eigenvalue weighted by Crippen LogP contribution is -2.26. The molecule has 0 spiro atoms. The third kappa shape index (κ3) is 4.04. The number of carbonyl (C=O) groups excluding carboxylic acids is 2. The molecule has 0 radical (unpaired) electrons. The van der Waals surface area contributed by atoms with Gasteiger partial charge >= 0.3 is 5.97 Å². The molecule has 1 aliphatic rings. The zero-order valence-electron chi connectivity index (χ0n) is 12.5. The number of nitrogens with one attached hydrogen (secondary N) is 1. The summed E-state index contributed by atoms with van der Waals surface area (Å²) in [5.41, 5.74) is 0.630. The van der Waals surface area contributed by atoms with Crippen LogP contribution >= 0.6 is 11.8 Å². The first kappa shape index (κ1) is 16.9. The fourth-order valence-electron chi connectivity index (χ4n) is 1.91. The van der Waals surface area contributed by atoms with E-state index < -0.39 is 23.2 Å². The molecule has 0 aliphatic carbocycles. The lowest BCUT2D eigenvalue weighted by Gasteiger charge is -2.16. The molecule has 2 amide bonds. The third-order valence-electron chi connectivity index (χ3n) is 3.04. The molecule has 0 bridgehead atoms. The maximum atomic E-state index is 11.5. The van der Waals surface area contributed by atoms with E-state index in [9.17, 15) is 14.4 Å². The average Bonchev–Trinajstić information content (AvgIpc) is 2.82. The number of hydrogen-bond acceptors (Lipinski definition) is 6. The Hall–Kier alpha value is -2.48. The van der Waals surface area contributed by atoms with E-state index in [2.05, 4.69) is 5.32 Å². The molecule has 1 aliphatic heterocycles. The summed E-state index contributed by atoms with van der Waals surface area (Å²) in [5.74, 6) is -0.869. The Morgan fingerprint density at radius 1 is 1.39 bits per heavy atom. The topological polar surface area (TPSA) is 102 Å². The molecule has 0 aromatic heterocycles. The summed E-state index contributed by atoms with van der Waals surface area (Å²) in [6, 6.07) is 4.82. The van der Waals surface area contributed by atoms with Crippen LogP contribution in [0.5, 0.6) is 11.5 Å². The number of thioether (sulfide) groups is 1. The lowest BCUT2D eigenvalue weighted by atomic mass is 10.1. The van der Waals surface area contributed by atoms with Gasteiger partial charge in [-0.15, -0.1) is 0 Å². The van der Waals surface area contributed by atoms with Crippen LogP contribution in [0.4, 0.5) is 4.79 Å². The first-order valence-corrected chi connectivity index (χ1v) is 7.58. The van der Waals surface area contributed by atoms with E-state index in [0.717, 1.165) is 11.8 Å². The van der Waals surface area contributed by atoms with Crippen LogP contribution in [0.3, 0.4) is 0 Å². The van der Waals surface area contributed by atoms with Crippen molar-refractivity contribution in [3.05, 3.63) is 28.7 Å². The largest absolute Gasteiger partial charge is 0.493 e. The minimum absolute atomic E-state index is 0.280. The fourth-order valence-corrected chi connectivity index (χ4v) is 2.59. The highest BCUT2D eigenvalue weighted by atomic mass is 32.2. The number of carboxylic acids is 1. The van der Waals surface area contributed by atoms with Gasteiger partial charge in [0.2, 0.25) is 0 Å². The Morgan fingerprint density at radius 2 is 2.13 bits per heavy atom. The Bertz CT molecular complexity index is 685. The van der Waals surface area contributed by atoms with E-state index in [4.69, 9.17) is 14.6 Å². The van der Waals surface area contributed by atoms with Gasteiger partial charge in [-0.25, -0.2) is 4.79 Å². The number of rotatable bonds is 6. The molecule has 2 rings (SSSR count). The summed E-state index contributed by atoms with van der Waals surface area (Å²) in [5, 5.41) is 10.8. The molecule has 23 heavy (non-hydrogen) atoms. The number of amides is 2. The smallest absolute Gasteiger partial charge is 0.344 e. The van der Waals surface area contributed by atoms with Crippen molar-refractivity contribution in [2.45, 2.75) is 19.4 Å². The van der Waals surface area contributed by atoms with Crippen LogP contribution in [0.1, 0.15) is 18.9 Å². The van der Waals surface area contributed by atoms with Gasteiger partial charge < -0.3 is 14.6 Å². The molecule has 1 atom stereocenters. The number of hydrogen-bond donors (Lipinski definition) is 2. The Kier molecular flexibility index (Phi) is 5.28. The van der Waals surface area contributed by atoms with Gasteiger partial charge in [-0.1, -0.05) is 13.0 Å². The predicted molar refractivity (Wildman–Crippen MR) is 84.4 cm³/mol. The number of methoxy groups -OCH3 is 1. The van der Waals surface area contributed by atoms with E-state index in [1.165, 1.54) is 7.11 Å². The molecule has 1 aromatic rings. The Labute approximate surface area is 136 Å². The van der Waals surface area contributed by atoms with Gasteiger partial charge in [0.25, 0.3) is 11.1 Å². The highest BCUT2D eigenvalue weighted by molar-refractivity contribution is 8.18. The van der Waals surface area contributed by atoms with Crippen molar-refractivity contribution in [1.82, 2.24) is 5.32 Å². The standard InChI is InChI=1S/C15H15NO6S/c1-3-9(14(18)19)22-10-5-4-8(6-11(10)21-2)7-12-13(17)16-15(20)23-12/h4-7,9H,3H2,1-2H3,(H,18,19)(H,16,17,20)/b12-7+. The van der Waals surface area contributed by atoms with E-state index >= 15 is 0 Å². The minimum Gasteiger partial charge on any atom is -0.493 e. The number of carboxylic acid groups (broad SMARTS) is 1. The lowest BCUT2D eigenvalue weighted by molar-refractivity contribution is -0.145. The van der Waals surface area contributed by atoms with E-state index in [1.807, 2.05) is 0 Å². The second kappa shape index (κ2) is 7.19. The van der Waals surface area contributed by atoms with Crippen LogP contribution in [0, 0.1) is 0 Å². The van der Waals surface area contributed by atoms with Crippen LogP contribution in [-0.2, 0) is 9.59 Å². The van der Waals surface area contributed by atoms with Gasteiger partial charge in [0.05, 0.1) is 12.0 Å². The highest BCUT2D eigenvalue weighted by Gasteiger charge is 2.25. The van der Waals surface area contributed by atoms with Gasteiger partial charge in [0, 0.05) is 0 Å². The number of carbonyl (C=O) groups is 3. The summed E-state index contributed by atoms with van der Waals surface area (Å²) < 4.78 is 10.6. The van der Waals surface area contributed by atoms with E-state index in [-0.39, 0.29) is 4.91 Å². The first-order chi connectivity index (χ1) is 10.9. The van der Waals surface area contributed by atoms with Crippen LogP contribution in [0.2, 0.25) is 0 Å². The SMILES string of the molecule is CCC(Oc1ccc(/C=C2/SC(=O)NC2=O)cc1OC)C(=O)O. The van der Waals surface area contributed by atoms with Crippen LogP contribution in [0.25, 0.3) is 6.08 Å². The summed E-state index contributed by atoms with van der Waals surface area (Å²) in [7, 11) is 1.43. The second-order valence-corrected chi connectivity index (χ2v) is 5.63. The predicted octanol–water partition coefficient (Wildman–Crippen LogP) is 2.26. The normalized spacial score (nSPS) is 17.0. The van der Waals surface area contributed by atoms with Gasteiger partial charge in [-0.05, 0) is 42.0 Å². The van der Waals surface area contributed by atoms with Crippen molar-refractivity contribution in [3.63, 3.8) is 0 Å². The van der Waals surface area contributed by atoms with Crippen molar-refractivity contribution in [1.29, 1.82) is 0 Å². The molecular weight excluding hydrogens is 322 g/mol. The number of ether oxygens (including phenoxy) is 2. The number of aliphatic carboxylic acids is 1. The van der Waals surface area contributed by atoms with E-state index in [1.54, 1.807) is 31.2 Å². The monoisotopic (exact) mass is 337 g/mol. The van der Waals surface area contributed by atoms with Crippen LogP contribution in [0.15, 0.2) is 23.1 Å². The molecule has 1 unspecified atom stereocenters. The van der Waals surface area contributed by atoms with Crippen molar-refractivity contribution in [2.75, 3.05) is 7.11 Å². The molecule has 1 heterocycles. The summed E-state index contributed by atoms with van der Waals surface area (Å²) in [6.45, 7) is 1.71. The van der Waals surface area contributed by atoms with Gasteiger partial charge in [-0.3, -0.25) is 14.9 Å². The Morgan fingerprint density at radius 3 is 2.65 bits per heavy atom. The van der Waals surface area contributed by atoms with Crippen molar-refractivity contribution in [2.24, 2.45) is 0 Å². The minimum atomic E-state index is -1.06. The zero-order chi connectivity index (χ0) is 17.0.